The maximum absolute atomic E-state index is 12.1. The number of hydrogen-bond acceptors (Lipinski definition) is 3. The summed E-state index contributed by atoms with van der Waals surface area (Å²) in [5.74, 6) is 1.14. The average Bonchev–Trinajstić information content (AvgIpc) is 2.44. The Morgan fingerprint density at radius 3 is 2.10 bits per heavy atom. The Balaban J connectivity index is 2.48. The van der Waals surface area contributed by atoms with Crippen LogP contribution in [0.1, 0.15) is 50.4 Å². The van der Waals surface area contributed by atoms with Crippen molar-refractivity contribution in [3.05, 3.63) is 23.8 Å². The van der Waals surface area contributed by atoms with Crippen LogP contribution >= 0.6 is 0 Å². The van der Waals surface area contributed by atoms with Crippen molar-refractivity contribution in [3.63, 3.8) is 0 Å². The van der Waals surface area contributed by atoms with Crippen molar-refractivity contribution in [1.29, 1.82) is 0 Å². The maximum atomic E-state index is 12.1. The fourth-order valence-electron chi connectivity index (χ4n) is 2.02. The lowest BCUT2D eigenvalue weighted by Crippen LogP contribution is -2.24. The molecule has 1 rings (SSSR count). The van der Waals surface area contributed by atoms with Gasteiger partial charge in [-0.1, -0.05) is 27.2 Å². The molecule has 0 saturated carbocycles. The minimum Gasteiger partial charge on any atom is -0.497 e. The number of carbonyl (C=O) groups excluding carboxylic acids is 1. The normalized spacial score (nSPS) is 11.1. The van der Waals surface area contributed by atoms with Gasteiger partial charge in [-0.2, -0.15) is 0 Å². The van der Waals surface area contributed by atoms with Crippen LogP contribution < -0.4 is 14.8 Å². The summed E-state index contributed by atoms with van der Waals surface area (Å²) in [7, 11) is 3.14. The van der Waals surface area contributed by atoms with Crippen molar-refractivity contribution < 1.29 is 14.3 Å². The largest absolute Gasteiger partial charge is 0.497 e. The van der Waals surface area contributed by atoms with E-state index in [-0.39, 0.29) is 5.91 Å². The van der Waals surface area contributed by atoms with Crippen molar-refractivity contribution in [2.24, 2.45) is 5.41 Å². The van der Waals surface area contributed by atoms with Crippen LogP contribution in [-0.2, 0) is 0 Å². The smallest absolute Gasteiger partial charge is 0.251 e. The van der Waals surface area contributed by atoms with Gasteiger partial charge in [0, 0.05) is 18.2 Å². The van der Waals surface area contributed by atoms with Gasteiger partial charge in [0.25, 0.3) is 5.91 Å². The van der Waals surface area contributed by atoms with E-state index in [4.69, 9.17) is 9.47 Å². The van der Waals surface area contributed by atoms with E-state index in [9.17, 15) is 4.79 Å². The highest BCUT2D eigenvalue weighted by atomic mass is 16.5. The highest BCUT2D eigenvalue weighted by Crippen LogP contribution is 2.23. The maximum Gasteiger partial charge on any atom is 0.251 e. The van der Waals surface area contributed by atoms with E-state index in [0.717, 1.165) is 19.3 Å². The molecule has 21 heavy (non-hydrogen) atoms. The second-order valence-electron chi connectivity index (χ2n) is 6.38. The van der Waals surface area contributed by atoms with E-state index in [1.807, 2.05) is 0 Å². The van der Waals surface area contributed by atoms with E-state index in [1.165, 1.54) is 0 Å². The van der Waals surface area contributed by atoms with E-state index < -0.39 is 0 Å². The van der Waals surface area contributed by atoms with E-state index in [2.05, 4.69) is 26.1 Å². The number of ether oxygens (including phenoxy) is 2. The summed E-state index contributed by atoms with van der Waals surface area (Å²) in [5.41, 5.74) is 0.909. The minimum absolute atomic E-state index is 0.0945. The van der Waals surface area contributed by atoms with Gasteiger partial charge in [-0.15, -0.1) is 0 Å². The molecule has 0 bridgehead atoms. The Bertz CT molecular complexity index is 441. The highest BCUT2D eigenvalue weighted by Gasteiger charge is 2.11. The number of methoxy groups -OCH3 is 2. The number of rotatable bonds is 7. The van der Waals surface area contributed by atoms with Gasteiger partial charge in [0.2, 0.25) is 0 Å². The molecule has 118 valence electrons. The zero-order valence-corrected chi connectivity index (χ0v) is 13.8. The summed E-state index contributed by atoms with van der Waals surface area (Å²) in [5, 5.41) is 2.94. The minimum atomic E-state index is -0.0945. The van der Waals surface area contributed by atoms with E-state index >= 15 is 0 Å². The topological polar surface area (TPSA) is 47.6 Å². The van der Waals surface area contributed by atoms with Crippen LogP contribution in [0.3, 0.4) is 0 Å². The van der Waals surface area contributed by atoms with Crippen LogP contribution in [0.4, 0.5) is 0 Å². The molecule has 0 radical (unpaired) electrons. The van der Waals surface area contributed by atoms with Crippen molar-refractivity contribution in [2.75, 3.05) is 20.8 Å². The summed E-state index contributed by atoms with van der Waals surface area (Å²) in [6.45, 7) is 7.38. The van der Waals surface area contributed by atoms with Crippen LogP contribution in [-0.4, -0.2) is 26.7 Å². The molecule has 0 aliphatic rings. The number of unbranched alkanes of at least 4 members (excludes halogenated alkanes) is 1. The highest BCUT2D eigenvalue weighted by molar-refractivity contribution is 5.95. The molecule has 1 aromatic carbocycles. The first kappa shape index (κ1) is 17.3. The molecular formula is C17H27NO3. The van der Waals surface area contributed by atoms with Gasteiger partial charge in [0.05, 0.1) is 14.2 Å². The summed E-state index contributed by atoms with van der Waals surface area (Å²) in [4.78, 5) is 12.1. The first-order chi connectivity index (χ1) is 9.85. The van der Waals surface area contributed by atoms with Gasteiger partial charge in [-0.3, -0.25) is 4.79 Å². The first-order valence-electron chi connectivity index (χ1n) is 7.37. The molecule has 4 nitrogen and oxygen atoms in total. The second kappa shape index (κ2) is 7.91. The van der Waals surface area contributed by atoms with Crippen molar-refractivity contribution in [2.45, 2.75) is 40.0 Å². The zero-order valence-electron chi connectivity index (χ0n) is 13.8. The molecule has 0 aliphatic heterocycles. The monoisotopic (exact) mass is 293 g/mol. The molecule has 0 fully saturated rings. The fraction of sp³-hybridized carbons (Fsp3) is 0.588. The van der Waals surface area contributed by atoms with Crippen LogP contribution in [0.2, 0.25) is 0 Å². The molecule has 0 heterocycles. The fourth-order valence-corrected chi connectivity index (χ4v) is 2.02. The Morgan fingerprint density at radius 1 is 1.05 bits per heavy atom. The first-order valence-corrected chi connectivity index (χ1v) is 7.37. The molecule has 0 spiro atoms. The molecule has 1 aromatic rings. The summed E-state index contributed by atoms with van der Waals surface area (Å²) < 4.78 is 10.3. The molecule has 0 aromatic heterocycles. The van der Waals surface area contributed by atoms with Crippen molar-refractivity contribution in [3.8, 4) is 11.5 Å². The average molecular weight is 293 g/mol. The standard InChI is InChI=1S/C17H27NO3/c1-17(2,3)8-6-7-9-18-16(19)13-10-14(20-4)12-15(11-13)21-5/h10-12H,6-9H2,1-5H3,(H,18,19). The number of benzene rings is 1. The van der Waals surface area contributed by atoms with E-state index in [1.54, 1.807) is 32.4 Å². The quantitative estimate of drug-likeness (QED) is 0.781. The number of carbonyl (C=O) groups is 1. The van der Waals surface area contributed by atoms with Crippen molar-refractivity contribution >= 4 is 5.91 Å². The molecule has 0 saturated heterocycles. The number of hydrogen-bond donors (Lipinski definition) is 1. The SMILES string of the molecule is COc1cc(OC)cc(C(=O)NCCCCC(C)(C)C)c1. The third-order valence-electron chi connectivity index (χ3n) is 3.25. The van der Waals surface area contributed by atoms with E-state index in [0.29, 0.717) is 29.0 Å². The lowest BCUT2D eigenvalue weighted by atomic mass is 9.90. The molecular weight excluding hydrogens is 266 g/mol. The summed E-state index contributed by atoms with van der Waals surface area (Å²) in [6, 6.07) is 5.18. The predicted octanol–water partition coefficient (Wildman–Crippen LogP) is 3.65. The van der Waals surface area contributed by atoms with Crippen LogP contribution in [0.5, 0.6) is 11.5 Å². The lowest BCUT2D eigenvalue weighted by molar-refractivity contribution is 0.0952. The molecule has 1 N–H and O–H groups in total. The van der Waals surface area contributed by atoms with Gasteiger partial charge >= 0.3 is 0 Å². The lowest BCUT2D eigenvalue weighted by Gasteiger charge is -2.17. The molecule has 0 aliphatic carbocycles. The van der Waals surface area contributed by atoms with Crippen LogP contribution in [0, 0.1) is 5.41 Å². The third-order valence-corrected chi connectivity index (χ3v) is 3.25. The Hall–Kier alpha value is -1.71. The molecule has 4 heteroatoms. The molecule has 0 unspecified atom stereocenters. The zero-order chi connectivity index (χ0) is 15.9. The van der Waals surface area contributed by atoms with Gasteiger partial charge in [-0.05, 0) is 30.4 Å². The van der Waals surface area contributed by atoms with Gasteiger partial charge in [-0.25, -0.2) is 0 Å². The Kier molecular flexibility index (Phi) is 6.53. The van der Waals surface area contributed by atoms with Gasteiger partial charge in [0.15, 0.2) is 0 Å². The van der Waals surface area contributed by atoms with Gasteiger partial charge in [0.1, 0.15) is 11.5 Å². The molecule has 0 atom stereocenters. The van der Waals surface area contributed by atoms with Crippen LogP contribution in [0.25, 0.3) is 0 Å². The number of nitrogens with one attached hydrogen (secondary N) is 1. The summed E-state index contributed by atoms with van der Waals surface area (Å²) in [6.07, 6.45) is 3.27. The number of amides is 1. The van der Waals surface area contributed by atoms with Gasteiger partial charge < -0.3 is 14.8 Å². The van der Waals surface area contributed by atoms with Crippen LogP contribution in [0.15, 0.2) is 18.2 Å². The summed E-state index contributed by atoms with van der Waals surface area (Å²) >= 11 is 0. The Morgan fingerprint density at radius 2 is 1.62 bits per heavy atom. The predicted molar refractivity (Wildman–Crippen MR) is 85.2 cm³/mol. The molecule has 1 amide bonds. The Labute approximate surface area is 127 Å². The van der Waals surface area contributed by atoms with Crippen molar-refractivity contribution in [1.82, 2.24) is 5.32 Å². The third kappa shape index (κ3) is 6.52. The second-order valence-corrected chi connectivity index (χ2v) is 6.38.